The lowest BCUT2D eigenvalue weighted by Crippen LogP contribution is -2.15. The smallest absolute Gasteiger partial charge is 0.294 e. The number of para-hydroxylation sites is 2. The first-order valence-corrected chi connectivity index (χ1v) is 9.26. The van der Waals surface area contributed by atoms with Gasteiger partial charge < -0.3 is 15.4 Å². The Balaban J connectivity index is 2.17. The first-order chi connectivity index (χ1) is 12.8. The molecule has 0 unspecified atom stereocenters. The van der Waals surface area contributed by atoms with Gasteiger partial charge in [-0.05, 0) is 37.3 Å². The van der Waals surface area contributed by atoms with Crippen LogP contribution in [0.3, 0.4) is 0 Å². The van der Waals surface area contributed by atoms with Crippen LogP contribution >= 0.6 is 0 Å². The number of nitrogens with zero attached hydrogens (tertiary/aromatic N) is 1. The number of amides is 1. The van der Waals surface area contributed by atoms with Gasteiger partial charge in [-0.3, -0.25) is 9.35 Å². The highest BCUT2D eigenvalue weighted by Crippen LogP contribution is 2.24. The molecule has 0 spiro atoms. The Morgan fingerprint density at radius 1 is 1.26 bits per heavy atom. The Morgan fingerprint density at radius 2 is 2.00 bits per heavy atom. The summed E-state index contributed by atoms with van der Waals surface area (Å²) in [6, 6.07) is 13.8. The maximum absolute atomic E-state index is 12.3. The van der Waals surface area contributed by atoms with E-state index in [2.05, 4.69) is 10.6 Å². The molecule has 2 rings (SSSR count). The van der Waals surface area contributed by atoms with Gasteiger partial charge in [0.05, 0.1) is 17.2 Å². The molecule has 0 heterocycles. The van der Waals surface area contributed by atoms with Crippen LogP contribution < -0.4 is 15.4 Å². The van der Waals surface area contributed by atoms with Crippen LogP contribution in [-0.4, -0.2) is 25.5 Å². The van der Waals surface area contributed by atoms with Gasteiger partial charge in [0, 0.05) is 11.9 Å². The number of hydrogen-bond donors (Lipinski definition) is 3. The highest BCUT2D eigenvalue weighted by atomic mass is 32.2. The van der Waals surface area contributed by atoms with Gasteiger partial charge >= 0.3 is 0 Å². The average molecular weight is 387 g/mol. The molecule has 140 valence electrons. The lowest BCUT2D eigenvalue weighted by Gasteiger charge is -2.10. The van der Waals surface area contributed by atoms with Gasteiger partial charge in [0.1, 0.15) is 17.4 Å². The molecule has 3 N–H and O–H groups in total. The van der Waals surface area contributed by atoms with Crippen molar-refractivity contribution in [2.45, 2.75) is 11.8 Å². The fourth-order valence-electron chi connectivity index (χ4n) is 2.10. The highest BCUT2D eigenvalue weighted by molar-refractivity contribution is 7.85. The summed E-state index contributed by atoms with van der Waals surface area (Å²) >= 11 is 0. The zero-order valence-electron chi connectivity index (χ0n) is 14.3. The lowest BCUT2D eigenvalue weighted by molar-refractivity contribution is -0.112. The van der Waals surface area contributed by atoms with Crippen LogP contribution in [0.1, 0.15) is 6.92 Å². The normalized spacial score (nSPS) is 11.4. The zero-order valence-corrected chi connectivity index (χ0v) is 15.2. The van der Waals surface area contributed by atoms with E-state index in [1.807, 2.05) is 6.92 Å². The van der Waals surface area contributed by atoms with Gasteiger partial charge in [0.2, 0.25) is 0 Å². The van der Waals surface area contributed by atoms with Crippen molar-refractivity contribution >= 4 is 27.4 Å². The molecule has 8 nitrogen and oxygen atoms in total. The molecule has 0 saturated heterocycles. The van der Waals surface area contributed by atoms with Crippen molar-refractivity contribution in [1.82, 2.24) is 0 Å². The predicted molar refractivity (Wildman–Crippen MR) is 99.8 cm³/mol. The monoisotopic (exact) mass is 387 g/mol. The van der Waals surface area contributed by atoms with Crippen molar-refractivity contribution in [3.63, 3.8) is 0 Å². The molecular formula is C18H17N3O5S. The van der Waals surface area contributed by atoms with Gasteiger partial charge in [-0.15, -0.1) is 0 Å². The summed E-state index contributed by atoms with van der Waals surface area (Å²) in [5, 5.41) is 14.5. The third-order valence-corrected chi connectivity index (χ3v) is 4.16. The summed E-state index contributed by atoms with van der Waals surface area (Å²) in [6.07, 6.45) is 1.22. The second kappa shape index (κ2) is 8.84. The summed E-state index contributed by atoms with van der Waals surface area (Å²) in [7, 11) is -4.40. The second-order valence-corrected chi connectivity index (χ2v) is 6.62. The van der Waals surface area contributed by atoms with Crippen LogP contribution in [0, 0.1) is 11.3 Å². The van der Waals surface area contributed by atoms with Crippen molar-refractivity contribution < 1.29 is 22.5 Å². The summed E-state index contributed by atoms with van der Waals surface area (Å²) in [4.78, 5) is 11.9. The minimum Gasteiger partial charge on any atom is -0.492 e. The average Bonchev–Trinajstić information content (AvgIpc) is 2.63. The van der Waals surface area contributed by atoms with Crippen LogP contribution in [0.5, 0.6) is 5.75 Å². The number of carbonyl (C=O) groups is 1. The van der Waals surface area contributed by atoms with Crippen molar-refractivity contribution in [2.75, 3.05) is 17.2 Å². The van der Waals surface area contributed by atoms with E-state index in [1.54, 1.807) is 30.3 Å². The van der Waals surface area contributed by atoms with Crippen molar-refractivity contribution in [3.05, 3.63) is 60.3 Å². The number of benzene rings is 2. The van der Waals surface area contributed by atoms with Crippen molar-refractivity contribution in [1.29, 1.82) is 5.26 Å². The minimum absolute atomic E-state index is 0.117. The van der Waals surface area contributed by atoms with E-state index in [0.717, 1.165) is 6.07 Å². The van der Waals surface area contributed by atoms with Crippen LogP contribution in [-0.2, 0) is 14.9 Å². The van der Waals surface area contributed by atoms with Gasteiger partial charge in [-0.1, -0.05) is 18.2 Å². The Labute approximate surface area is 156 Å². The van der Waals surface area contributed by atoms with E-state index in [-0.39, 0.29) is 16.2 Å². The van der Waals surface area contributed by atoms with E-state index in [9.17, 15) is 18.5 Å². The molecule has 2 aromatic rings. The van der Waals surface area contributed by atoms with E-state index in [0.29, 0.717) is 18.0 Å². The molecule has 2 aromatic carbocycles. The summed E-state index contributed by atoms with van der Waals surface area (Å²) in [5.41, 5.74) is 0.456. The zero-order chi connectivity index (χ0) is 19.9. The minimum atomic E-state index is -4.40. The third kappa shape index (κ3) is 5.57. The molecule has 0 fully saturated rings. The summed E-state index contributed by atoms with van der Waals surface area (Å²) in [6.45, 7) is 2.29. The Hall–Kier alpha value is -3.35. The van der Waals surface area contributed by atoms with Gasteiger partial charge in [0.15, 0.2) is 0 Å². The SMILES string of the molecule is CCOc1ccccc1N/C=C(/C#N)C(=O)Nc1cccc(S(=O)(=O)O)c1. The summed E-state index contributed by atoms with van der Waals surface area (Å²) < 4.78 is 36.8. The number of hydrogen-bond acceptors (Lipinski definition) is 6. The number of nitrogens with one attached hydrogen (secondary N) is 2. The van der Waals surface area contributed by atoms with Crippen LogP contribution in [0.25, 0.3) is 0 Å². The predicted octanol–water partition coefficient (Wildman–Crippen LogP) is 2.79. The standard InChI is InChI=1S/C18H17N3O5S/c1-2-26-17-9-4-3-8-16(17)20-12-13(11-19)18(22)21-14-6-5-7-15(10-14)27(23,24)25/h3-10,12,20H,2H2,1H3,(H,21,22)(H,23,24,25)/b13-12-. The number of nitriles is 1. The Kier molecular flexibility index (Phi) is 6.54. The molecule has 0 aromatic heterocycles. The first-order valence-electron chi connectivity index (χ1n) is 7.82. The van der Waals surface area contributed by atoms with Crippen molar-refractivity contribution in [3.8, 4) is 11.8 Å². The van der Waals surface area contributed by atoms with E-state index in [4.69, 9.17) is 9.29 Å². The van der Waals surface area contributed by atoms with Gasteiger partial charge in [0.25, 0.3) is 16.0 Å². The van der Waals surface area contributed by atoms with Crippen LogP contribution in [0.2, 0.25) is 0 Å². The quantitative estimate of drug-likeness (QED) is 0.378. The molecular weight excluding hydrogens is 370 g/mol. The van der Waals surface area contributed by atoms with Gasteiger partial charge in [-0.2, -0.15) is 13.7 Å². The Bertz CT molecular complexity index is 1010. The van der Waals surface area contributed by atoms with Crippen LogP contribution in [0.15, 0.2) is 65.2 Å². The maximum atomic E-state index is 12.3. The molecule has 0 aliphatic carbocycles. The number of rotatable bonds is 7. The molecule has 0 saturated carbocycles. The maximum Gasteiger partial charge on any atom is 0.294 e. The summed E-state index contributed by atoms with van der Waals surface area (Å²) in [5.74, 6) is -0.179. The molecule has 0 bridgehead atoms. The van der Waals surface area contributed by atoms with Gasteiger partial charge in [-0.25, -0.2) is 0 Å². The number of carbonyl (C=O) groups excluding carboxylic acids is 1. The molecule has 0 aliphatic heterocycles. The van der Waals surface area contributed by atoms with E-state index in [1.165, 1.54) is 24.4 Å². The molecule has 9 heteroatoms. The fraction of sp³-hybridized carbons (Fsp3) is 0.111. The highest BCUT2D eigenvalue weighted by Gasteiger charge is 2.13. The topological polar surface area (TPSA) is 129 Å². The molecule has 0 aliphatic rings. The fourth-order valence-corrected chi connectivity index (χ4v) is 2.62. The van der Waals surface area contributed by atoms with E-state index >= 15 is 0 Å². The third-order valence-electron chi connectivity index (χ3n) is 3.31. The molecule has 0 atom stereocenters. The Morgan fingerprint density at radius 3 is 2.67 bits per heavy atom. The molecule has 1 amide bonds. The van der Waals surface area contributed by atoms with Crippen molar-refractivity contribution in [2.24, 2.45) is 0 Å². The van der Waals surface area contributed by atoms with E-state index < -0.39 is 16.0 Å². The lowest BCUT2D eigenvalue weighted by atomic mass is 10.2. The largest absolute Gasteiger partial charge is 0.492 e. The second-order valence-electron chi connectivity index (χ2n) is 5.20. The number of ether oxygens (including phenoxy) is 1. The number of anilines is 2. The molecule has 0 radical (unpaired) electrons. The molecule has 27 heavy (non-hydrogen) atoms. The first kappa shape index (κ1) is 20.0. The van der Waals surface area contributed by atoms with Crippen LogP contribution in [0.4, 0.5) is 11.4 Å².